The summed E-state index contributed by atoms with van der Waals surface area (Å²) in [6, 6.07) is 0. The van der Waals surface area contributed by atoms with E-state index < -0.39 is 0 Å². The highest BCUT2D eigenvalue weighted by atomic mass is 15.2. The van der Waals surface area contributed by atoms with Gasteiger partial charge in [0.05, 0.1) is 0 Å². The van der Waals surface area contributed by atoms with Crippen molar-refractivity contribution in [3.63, 3.8) is 0 Å². The number of rotatable bonds is 6. The maximum Gasteiger partial charge on any atom is 0.00503 e. The number of hydrogen-bond acceptors (Lipinski definition) is 2. The first-order valence-corrected chi connectivity index (χ1v) is 8.67. The maximum absolute atomic E-state index is 3.73. The van der Waals surface area contributed by atoms with Crippen molar-refractivity contribution in [1.82, 2.24) is 10.2 Å². The van der Waals surface area contributed by atoms with Crippen LogP contribution >= 0.6 is 0 Å². The van der Waals surface area contributed by atoms with Gasteiger partial charge < -0.3 is 10.2 Å². The third-order valence-electron chi connectivity index (χ3n) is 5.16. The summed E-state index contributed by atoms with van der Waals surface area (Å²) in [4.78, 5) is 2.75. The van der Waals surface area contributed by atoms with Crippen LogP contribution in [-0.4, -0.2) is 37.6 Å². The lowest BCUT2D eigenvalue weighted by Crippen LogP contribution is -2.43. The number of nitrogens with one attached hydrogen (secondary N) is 1. The van der Waals surface area contributed by atoms with Gasteiger partial charge in [-0.25, -0.2) is 0 Å². The van der Waals surface area contributed by atoms with E-state index in [1.54, 1.807) is 0 Å². The molecule has 1 atom stereocenters. The zero-order valence-corrected chi connectivity index (χ0v) is 13.2. The van der Waals surface area contributed by atoms with Crippen molar-refractivity contribution >= 4 is 0 Å². The Morgan fingerprint density at radius 3 is 2.47 bits per heavy atom. The fourth-order valence-corrected chi connectivity index (χ4v) is 4.04. The normalized spacial score (nSPS) is 28.4. The molecule has 0 aromatic heterocycles. The van der Waals surface area contributed by atoms with Crippen LogP contribution in [-0.2, 0) is 0 Å². The molecule has 112 valence electrons. The average Bonchev–Trinajstić information content (AvgIpc) is 2.66. The van der Waals surface area contributed by atoms with Crippen LogP contribution in [0.2, 0.25) is 0 Å². The number of likely N-dealkylation sites (tertiary alicyclic amines) is 1. The molecule has 1 aliphatic heterocycles. The fourth-order valence-electron chi connectivity index (χ4n) is 4.04. The Kier molecular flexibility index (Phi) is 6.15. The molecule has 0 aromatic rings. The summed E-state index contributed by atoms with van der Waals surface area (Å²) in [7, 11) is 0. The summed E-state index contributed by atoms with van der Waals surface area (Å²) >= 11 is 0. The lowest BCUT2D eigenvalue weighted by atomic mass is 9.79. The van der Waals surface area contributed by atoms with Crippen molar-refractivity contribution in [2.24, 2.45) is 11.3 Å². The number of nitrogens with zero attached hydrogens (tertiary/aromatic N) is 1. The van der Waals surface area contributed by atoms with Gasteiger partial charge in [0.25, 0.3) is 0 Å². The average molecular weight is 266 g/mol. The van der Waals surface area contributed by atoms with Crippen LogP contribution in [0.25, 0.3) is 0 Å². The van der Waals surface area contributed by atoms with Gasteiger partial charge in [0.1, 0.15) is 0 Å². The predicted molar refractivity (Wildman–Crippen MR) is 83.5 cm³/mol. The molecule has 1 aliphatic carbocycles. The van der Waals surface area contributed by atoms with Gasteiger partial charge in [0.2, 0.25) is 0 Å². The van der Waals surface area contributed by atoms with Crippen LogP contribution in [0.5, 0.6) is 0 Å². The quantitative estimate of drug-likeness (QED) is 0.583. The van der Waals surface area contributed by atoms with Gasteiger partial charge in [-0.3, -0.25) is 0 Å². The van der Waals surface area contributed by atoms with Crippen LogP contribution in [0.3, 0.4) is 0 Å². The molecule has 1 saturated carbocycles. The Balaban J connectivity index is 1.91. The first-order valence-electron chi connectivity index (χ1n) is 8.67. The molecule has 0 spiro atoms. The van der Waals surface area contributed by atoms with Crippen molar-refractivity contribution < 1.29 is 0 Å². The summed E-state index contributed by atoms with van der Waals surface area (Å²) < 4.78 is 0. The molecule has 1 unspecified atom stereocenters. The van der Waals surface area contributed by atoms with Gasteiger partial charge in [-0.05, 0) is 50.1 Å². The van der Waals surface area contributed by atoms with E-state index in [1.807, 2.05) is 0 Å². The highest BCUT2D eigenvalue weighted by Gasteiger charge is 2.34. The SMILES string of the molecule is CCCNCC1(CN2CCC(C)C2)CCCCCC1. The highest BCUT2D eigenvalue weighted by Crippen LogP contribution is 2.36. The molecule has 2 aliphatic rings. The molecule has 1 N–H and O–H groups in total. The van der Waals surface area contributed by atoms with Crippen molar-refractivity contribution in [3.05, 3.63) is 0 Å². The Morgan fingerprint density at radius 2 is 1.89 bits per heavy atom. The van der Waals surface area contributed by atoms with E-state index in [-0.39, 0.29) is 0 Å². The topological polar surface area (TPSA) is 15.3 Å². The lowest BCUT2D eigenvalue weighted by Gasteiger charge is -2.37. The molecule has 0 bridgehead atoms. The molecule has 0 amide bonds. The van der Waals surface area contributed by atoms with Crippen molar-refractivity contribution in [1.29, 1.82) is 0 Å². The molecule has 2 heteroatoms. The predicted octanol–water partition coefficient (Wildman–Crippen LogP) is 3.67. The summed E-state index contributed by atoms with van der Waals surface area (Å²) in [5.74, 6) is 0.923. The fraction of sp³-hybridized carbons (Fsp3) is 1.00. The van der Waals surface area contributed by atoms with E-state index in [9.17, 15) is 0 Å². The van der Waals surface area contributed by atoms with Gasteiger partial charge in [0.15, 0.2) is 0 Å². The number of hydrogen-bond donors (Lipinski definition) is 1. The van der Waals surface area contributed by atoms with Crippen LogP contribution < -0.4 is 5.32 Å². The van der Waals surface area contributed by atoms with E-state index in [4.69, 9.17) is 0 Å². The molecule has 2 fully saturated rings. The zero-order valence-electron chi connectivity index (χ0n) is 13.2. The maximum atomic E-state index is 3.73. The standard InChI is InChI=1S/C17H34N2/c1-3-11-18-14-17(9-6-4-5-7-10-17)15-19-12-8-16(2)13-19/h16,18H,3-15H2,1-2H3. The van der Waals surface area contributed by atoms with E-state index in [2.05, 4.69) is 24.1 Å². The summed E-state index contributed by atoms with van der Waals surface area (Å²) in [6.07, 6.45) is 11.4. The molecule has 19 heavy (non-hydrogen) atoms. The Morgan fingerprint density at radius 1 is 1.16 bits per heavy atom. The molecule has 0 radical (unpaired) electrons. The third kappa shape index (κ3) is 4.75. The second-order valence-electron chi connectivity index (χ2n) is 7.22. The van der Waals surface area contributed by atoms with Crippen molar-refractivity contribution in [2.45, 2.75) is 65.2 Å². The highest BCUT2D eigenvalue weighted by molar-refractivity contribution is 4.88. The largest absolute Gasteiger partial charge is 0.316 e. The van der Waals surface area contributed by atoms with Gasteiger partial charge in [0, 0.05) is 19.6 Å². The van der Waals surface area contributed by atoms with Crippen LogP contribution in [0, 0.1) is 11.3 Å². The summed E-state index contributed by atoms with van der Waals surface area (Å²) in [5.41, 5.74) is 0.579. The Labute approximate surface area is 120 Å². The van der Waals surface area contributed by atoms with Gasteiger partial charge >= 0.3 is 0 Å². The van der Waals surface area contributed by atoms with Gasteiger partial charge in [-0.2, -0.15) is 0 Å². The molecule has 1 heterocycles. The molecular formula is C17H34N2. The van der Waals surface area contributed by atoms with Crippen LogP contribution in [0.1, 0.15) is 65.2 Å². The minimum Gasteiger partial charge on any atom is -0.316 e. The van der Waals surface area contributed by atoms with E-state index in [1.165, 1.54) is 84.1 Å². The second-order valence-corrected chi connectivity index (χ2v) is 7.22. The smallest absolute Gasteiger partial charge is 0.00503 e. The van der Waals surface area contributed by atoms with Gasteiger partial charge in [-0.1, -0.05) is 39.5 Å². The molecule has 2 rings (SSSR count). The van der Waals surface area contributed by atoms with Crippen LogP contribution in [0.15, 0.2) is 0 Å². The minimum absolute atomic E-state index is 0.579. The molecule has 1 saturated heterocycles. The first-order chi connectivity index (χ1) is 9.24. The molecule has 2 nitrogen and oxygen atoms in total. The monoisotopic (exact) mass is 266 g/mol. The first kappa shape index (κ1) is 15.3. The van der Waals surface area contributed by atoms with Crippen LogP contribution in [0.4, 0.5) is 0 Å². The zero-order chi connectivity index (χ0) is 13.6. The summed E-state index contributed by atoms with van der Waals surface area (Å²) in [6.45, 7) is 11.2. The minimum atomic E-state index is 0.579. The Bertz CT molecular complexity index is 244. The second kappa shape index (κ2) is 7.64. The lowest BCUT2D eigenvalue weighted by molar-refractivity contribution is 0.143. The van der Waals surface area contributed by atoms with Gasteiger partial charge in [-0.15, -0.1) is 0 Å². The third-order valence-corrected chi connectivity index (χ3v) is 5.16. The Hall–Kier alpha value is -0.0800. The molecular weight excluding hydrogens is 232 g/mol. The van der Waals surface area contributed by atoms with E-state index in [0.717, 1.165) is 5.92 Å². The van der Waals surface area contributed by atoms with E-state index >= 15 is 0 Å². The van der Waals surface area contributed by atoms with Crippen molar-refractivity contribution in [2.75, 3.05) is 32.7 Å². The van der Waals surface area contributed by atoms with E-state index in [0.29, 0.717) is 5.41 Å². The summed E-state index contributed by atoms with van der Waals surface area (Å²) in [5, 5.41) is 3.73. The van der Waals surface area contributed by atoms with Crippen molar-refractivity contribution in [3.8, 4) is 0 Å². The molecule has 0 aromatic carbocycles.